The fourth-order valence-corrected chi connectivity index (χ4v) is 3.07. The minimum Gasteiger partial charge on any atom is -0.426 e. The molecule has 2 aromatic rings. The normalized spacial score (nSPS) is 10.4. The highest BCUT2D eigenvalue weighted by Gasteiger charge is 2.10. The summed E-state index contributed by atoms with van der Waals surface area (Å²) in [7, 11) is 0. The van der Waals surface area contributed by atoms with Crippen LogP contribution in [0.4, 0.5) is 0 Å². The van der Waals surface area contributed by atoms with E-state index in [0.29, 0.717) is 17.9 Å². The Kier molecular flexibility index (Phi) is 8.19. The van der Waals surface area contributed by atoms with E-state index in [4.69, 9.17) is 9.47 Å². The van der Waals surface area contributed by atoms with Gasteiger partial charge < -0.3 is 9.47 Å². The second-order valence-corrected chi connectivity index (χ2v) is 6.88. The Morgan fingerprint density at radius 1 is 0.920 bits per heavy atom. The van der Waals surface area contributed by atoms with E-state index >= 15 is 0 Å². The van der Waals surface area contributed by atoms with E-state index in [1.165, 1.54) is 24.2 Å². The molecule has 134 valence electrons. The zero-order valence-electron chi connectivity index (χ0n) is 14.5. The van der Waals surface area contributed by atoms with E-state index in [9.17, 15) is 9.59 Å². The summed E-state index contributed by atoms with van der Waals surface area (Å²) in [6, 6.07) is 10.4. The van der Waals surface area contributed by atoms with Crippen LogP contribution in [0.15, 0.2) is 41.8 Å². The SMILES string of the molecule is CCCCCCCC(=O)Oc1cccc(OC(=O)Cc2cccs2)c1. The van der Waals surface area contributed by atoms with Crippen LogP contribution in [-0.4, -0.2) is 11.9 Å². The van der Waals surface area contributed by atoms with Crippen molar-refractivity contribution >= 4 is 23.3 Å². The first-order chi connectivity index (χ1) is 12.2. The van der Waals surface area contributed by atoms with Gasteiger partial charge in [-0.2, -0.15) is 0 Å². The van der Waals surface area contributed by atoms with Crippen LogP contribution in [0.25, 0.3) is 0 Å². The van der Waals surface area contributed by atoms with E-state index in [2.05, 4.69) is 6.92 Å². The van der Waals surface area contributed by atoms with Gasteiger partial charge in [0, 0.05) is 17.4 Å². The first-order valence-electron chi connectivity index (χ1n) is 8.71. The number of hydrogen-bond donors (Lipinski definition) is 0. The van der Waals surface area contributed by atoms with Gasteiger partial charge in [-0.15, -0.1) is 11.3 Å². The average molecular weight is 360 g/mol. The van der Waals surface area contributed by atoms with Crippen molar-refractivity contribution in [1.82, 2.24) is 0 Å². The molecule has 1 aromatic carbocycles. The molecule has 0 amide bonds. The summed E-state index contributed by atoms with van der Waals surface area (Å²) in [6.07, 6.45) is 6.07. The predicted octanol–water partition coefficient (Wildman–Crippen LogP) is 5.16. The van der Waals surface area contributed by atoms with Crippen molar-refractivity contribution in [2.75, 3.05) is 0 Å². The lowest BCUT2D eigenvalue weighted by atomic mass is 10.1. The van der Waals surface area contributed by atoms with Gasteiger partial charge >= 0.3 is 11.9 Å². The maximum atomic E-state index is 11.9. The molecule has 0 bridgehead atoms. The molecule has 0 saturated carbocycles. The van der Waals surface area contributed by atoms with Crippen LogP contribution in [0.2, 0.25) is 0 Å². The van der Waals surface area contributed by atoms with Crippen LogP contribution in [0, 0.1) is 0 Å². The summed E-state index contributed by atoms with van der Waals surface area (Å²) in [5, 5.41) is 1.92. The lowest BCUT2D eigenvalue weighted by Gasteiger charge is -2.07. The highest BCUT2D eigenvalue weighted by molar-refractivity contribution is 7.10. The van der Waals surface area contributed by atoms with Crippen molar-refractivity contribution in [3.05, 3.63) is 46.7 Å². The minimum absolute atomic E-state index is 0.236. The summed E-state index contributed by atoms with van der Waals surface area (Å²) in [5.74, 6) is 0.204. The highest BCUT2D eigenvalue weighted by atomic mass is 32.1. The van der Waals surface area contributed by atoms with Gasteiger partial charge in [-0.1, -0.05) is 44.7 Å². The molecule has 0 radical (unpaired) electrons. The number of hydrogen-bond acceptors (Lipinski definition) is 5. The summed E-state index contributed by atoms with van der Waals surface area (Å²) >= 11 is 1.52. The largest absolute Gasteiger partial charge is 0.426 e. The molecule has 0 aliphatic carbocycles. The van der Waals surface area contributed by atoms with E-state index in [1.807, 2.05) is 17.5 Å². The molecule has 0 aliphatic heterocycles. The van der Waals surface area contributed by atoms with Crippen LogP contribution in [0.1, 0.15) is 50.3 Å². The Morgan fingerprint density at radius 3 is 2.32 bits per heavy atom. The lowest BCUT2D eigenvalue weighted by molar-refractivity contribution is -0.134. The Balaban J connectivity index is 1.78. The number of carbonyl (C=O) groups is 2. The quantitative estimate of drug-likeness (QED) is 0.333. The summed E-state index contributed by atoms with van der Waals surface area (Å²) in [4.78, 5) is 24.7. The van der Waals surface area contributed by atoms with Crippen LogP contribution in [-0.2, 0) is 16.0 Å². The second kappa shape index (κ2) is 10.7. The fourth-order valence-electron chi connectivity index (χ4n) is 2.38. The number of rotatable bonds is 10. The molecule has 5 heteroatoms. The number of esters is 2. The van der Waals surface area contributed by atoms with E-state index in [1.54, 1.807) is 24.3 Å². The van der Waals surface area contributed by atoms with Crippen molar-refractivity contribution in [2.45, 2.75) is 51.9 Å². The molecule has 0 atom stereocenters. The zero-order chi connectivity index (χ0) is 17.9. The number of carbonyl (C=O) groups excluding carboxylic acids is 2. The number of ether oxygens (including phenoxy) is 2. The molecule has 4 nitrogen and oxygen atoms in total. The molecule has 25 heavy (non-hydrogen) atoms. The maximum absolute atomic E-state index is 11.9. The van der Waals surface area contributed by atoms with Gasteiger partial charge in [-0.3, -0.25) is 9.59 Å². The van der Waals surface area contributed by atoms with E-state index in [-0.39, 0.29) is 18.4 Å². The molecule has 2 rings (SSSR count). The van der Waals surface area contributed by atoms with Crippen LogP contribution in [0.3, 0.4) is 0 Å². The highest BCUT2D eigenvalue weighted by Crippen LogP contribution is 2.21. The van der Waals surface area contributed by atoms with E-state index in [0.717, 1.165) is 24.1 Å². The monoisotopic (exact) mass is 360 g/mol. The Hall–Kier alpha value is -2.14. The Morgan fingerprint density at radius 2 is 1.64 bits per heavy atom. The Labute approximate surface area is 152 Å². The van der Waals surface area contributed by atoms with Crippen LogP contribution < -0.4 is 9.47 Å². The van der Waals surface area contributed by atoms with Crippen LogP contribution in [0.5, 0.6) is 11.5 Å². The van der Waals surface area contributed by atoms with Gasteiger partial charge in [0.25, 0.3) is 0 Å². The summed E-state index contributed by atoms with van der Waals surface area (Å²) in [6.45, 7) is 2.16. The maximum Gasteiger partial charge on any atom is 0.316 e. The molecule has 1 heterocycles. The molecule has 0 unspecified atom stereocenters. The third-order valence-corrected chi connectivity index (χ3v) is 4.53. The topological polar surface area (TPSA) is 52.6 Å². The van der Waals surface area contributed by atoms with Crippen molar-refractivity contribution < 1.29 is 19.1 Å². The van der Waals surface area contributed by atoms with Crippen molar-refractivity contribution in [2.24, 2.45) is 0 Å². The molecular weight excluding hydrogens is 336 g/mol. The third kappa shape index (κ3) is 7.52. The van der Waals surface area contributed by atoms with Gasteiger partial charge in [0.1, 0.15) is 11.5 Å². The van der Waals surface area contributed by atoms with E-state index < -0.39 is 0 Å². The predicted molar refractivity (Wildman–Crippen MR) is 99.1 cm³/mol. The van der Waals surface area contributed by atoms with Gasteiger partial charge in [-0.05, 0) is 30.0 Å². The molecule has 0 N–H and O–H groups in total. The van der Waals surface area contributed by atoms with Crippen molar-refractivity contribution in [1.29, 1.82) is 0 Å². The molecule has 1 aromatic heterocycles. The van der Waals surface area contributed by atoms with Crippen molar-refractivity contribution in [3.8, 4) is 11.5 Å². The molecule has 0 saturated heterocycles. The molecule has 0 aliphatic rings. The average Bonchev–Trinajstić information content (AvgIpc) is 3.07. The van der Waals surface area contributed by atoms with Gasteiger partial charge in [0.15, 0.2) is 0 Å². The van der Waals surface area contributed by atoms with Gasteiger partial charge in [0.05, 0.1) is 6.42 Å². The summed E-state index contributed by atoms with van der Waals surface area (Å²) in [5.41, 5.74) is 0. The zero-order valence-corrected chi connectivity index (χ0v) is 15.3. The lowest BCUT2D eigenvalue weighted by Crippen LogP contribution is -2.11. The molecular formula is C20H24O4S. The third-order valence-electron chi connectivity index (χ3n) is 3.65. The van der Waals surface area contributed by atoms with Gasteiger partial charge in [0.2, 0.25) is 0 Å². The standard InChI is InChI=1S/C20H24O4S/c1-2-3-4-5-6-12-19(21)23-16-9-7-10-17(14-16)24-20(22)15-18-11-8-13-25-18/h7-11,13-14H,2-6,12,15H2,1H3. The van der Waals surface area contributed by atoms with Crippen molar-refractivity contribution in [3.63, 3.8) is 0 Å². The number of unbranched alkanes of at least 4 members (excludes halogenated alkanes) is 4. The fraction of sp³-hybridized carbons (Fsp3) is 0.400. The smallest absolute Gasteiger partial charge is 0.316 e. The molecule has 0 fully saturated rings. The first-order valence-corrected chi connectivity index (χ1v) is 9.59. The number of thiophene rings is 1. The summed E-state index contributed by atoms with van der Waals surface area (Å²) < 4.78 is 10.6. The number of benzene rings is 1. The second-order valence-electron chi connectivity index (χ2n) is 5.84. The first kappa shape index (κ1) is 19.2. The Bertz CT molecular complexity index is 664. The van der Waals surface area contributed by atoms with Crippen LogP contribution >= 0.6 is 11.3 Å². The minimum atomic E-state index is -0.332. The molecule has 0 spiro atoms. The van der Waals surface area contributed by atoms with Gasteiger partial charge in [-0.25, -0.2) is 0 Å².